The molecule has 0 aliphatic rings. The molecule has 0 spiro atoms. The topological polar surface area (TPSA) is 29.5 Å². The average molecular weight is 288 g/mol. The lowest BCUT2D eigenvalue weighted by molar-refractivity contribution is -0.137. The molecular weight excluding hydrogens is 260 g/mol. The third-order valence-corrected chi connectivity index (χ3v) is 2.81. The lowest BCUT2D eigenvalue weighted by Crippen LogP contribution is -1.92. The minimum atomic E-state index is 0.476. The Balaban J connectivity index is 0.000000921. The number of rotatable bonds is 4. The second-order valence-electron chi connectivity index (χ2n) is 4.22. The van der Waals surface area contributed by atoms with Gasteiger partial charge in [0.2, 0.25) is 0 Å². The first kappa shape index (κ1) is 19.2. The summed E-state index contributed by atoms with van der Waals surface area (Å²) in [6.45, 7) is 10.1. The van der Waals surface area contributed by atoms with Crippen molar-refractivity contribution in [3.8, 4) is 5.75 Å². The van der Waals surface area contributed by atoms with E-state index in [4.69, 9.17) is 5.26 Å². The largest absolute Gasteiger partial charge is 0.340 e. The molecule has 116 valence electrons. The zero-order valence-electron chi connectivity index (χ0n) is 13.9. The Labute approximate surface area is 129 Å². The maximum atomic E-state index is 8.47. The van der Waals surface area contributed by atoms with Crippen molar-refractivity contribution < 1.29 is 10.1 Å². The van der Waals surface area contributed by atoms with Gasteiger partial charge in [-0.3, -0.25) is 0 Å². The van der Waals surface area contributed by atoms with Gasteiger partial charge in [0, 0.05) is 0 Å². The van der Waals surface area contributed by atoms with Crippen LogP contribution in [-0.4, -0.2) is 5.26 Å². The quantitative estimate of drug-likeness (QED) is 0.579. The summed E-state index contributed by atoms with van der Waals surface area (Å²) in [5.74, 6) is 0.476. The van der Waals surface area contributed by atoms with Gasteiger partial charge in [-0.1, -0.05) is 69.7 Å². The van der Waals surface area contributed by atoms with Crippen LogP contribution >= 0.6 is 0 Å². The van der Waals surface area contributed by atoms with E-state index in [-0.39, 0.29) is 0 Å². The van der Waals surface area contributed by atoms with Crippen molar-refractivity contribution in [1.29, 1.82) is 0 Å². The predicted octanol–water partition coefficient (Wildman–Crippen LogP) is 5.68. The molecule has 0 fully saturated rings. The molecule has 0 saturated carbocycles. The number of hydrogen-bond donors (Lipinski definition) is 1. The number of benzene rings is 2. The van der Waals surface area contributed by atoms with E-state index in [1.165, 1.54) is 16.7 Å². The summed E-state index contributed by atoms with van der Waals surface area (Å²) in [7, 11) is 0. The molecule has 21 heavy (non-hydrogen) atoms. The van der Waals surface area contributed by atoms with Gasteiger partial charge in [0.15, 0.2) is 5.75 Å². The fourth-order valence-corrected chi connectivity index (χ4v) is 1.87. The SMILES string of the molecule is CC.CC.Cc1cccc(CCc2ccc(OO)cc2)c1. The highest BCUT2D eigenvalue weighted by atomic mass is 17.1. The lowest BCUT2D eigenvalue weighted by Gasteiger charge is -2.04. The van der Waals surface area contributed by atoms with Crippen LogP contribution in [0.4, 0.5) is 0 Å². The molecule has 0 heterocycles. The third kappa shape index (κ3) is 7.52. The Morgan fingerprint density at radius 2 is 1.38 bits per heavy atom. The Bertz CT molecular complexity index is 475. The Morgan fingerprint density at radius 3 is 1.90 bits per heavy atom. The van der Waals surface area contributed by atoms with Crippen molar-refractivity contribution in [2.24, 2.45) is 0 Å². The molecule has 0 aliphatic heterocycles. The minimum Gasteiger partial charge on any atom is -0.340 e. The van der Waals surface area contributed by atoms with Crippen molar-refractivity contribution in [2.75, 3.05) is 0 Å². The van der Waals surface area contributed by atoms with Crippen LogP contribution in [0.15, 0.2) is 48.5 Å². The van der Waals surface area contributed by atoms with Crippen LogP contribution in [0.2, 0.25) is 0 Å². The Kier molecular flexibility index (Phi) is 11.0. The van der Waals surface area contributed by atoms with E-state index >= 15 is 0 Å². The summed E-state index contributed by atoms with van der Waals surface area (Å²) in [6.07, 6.45) is 2.02. The molecule has 0 unspecified atom stereocenters. The van der Waals surface area contributed by atoms with E-state index in [0.717, 1.165) is 12.8 Å². The van der Waals surface area contributed by atoms with Crippen LogP contribution in [0.3, 0.4) is 0 Å². The van der Waals surface area contributed by atoms with Gasteiger partial charge >= 0.3 is 0 Å². The molecule has 2 aromatic carbocycles. The van der Waals surface area contributed by atoms with Crippen molar-refractivity contribution in [1.82, 2.24) is 0 Å². The molecule has 0 radical (unpaired) electrons. The van der Waals surface area contributed by atoms with Gasteiger partial charge in [-0.15, -0.1) is 0 Å². The number of hydrogen-bond acceptors (Lipinski definition) is 2. The van der Waals surface area contributed by atoms with Gasteiger partial charge in [-0.05, 0) is 43.0 Å². The summed E-state index contributed by atoms with van der Waals surface area (Å²) in [6, 6.07) is 16.0. The fraction of sp³-hybridized carbons (Fsp3) is 0.368. The van der Waals surface area contributed by atoms with E-state index in [1.54, 1.807) is 12.1 Å². The molecule has 2 aromatic rings. The summed E-state index contributed by atoms with van der Waals surface area (Å²) in [5, 5.41) is 8.47. The van der Waals surface area contributed by atoms with Crippen molar-refractivity contribution in [2.45, 2.75) is 47.5 Å². The van der Waals surface area contributed by atoms with Gasteiger partial charge < -0.3 is 4.89 Å². The third-order valence-electron chi connectivity index (χ3n) is 2.81. The average Bonchev–Trinajstić information content (AvgIpc) is 2.57. The molecule has 1 N–H and O–H groups in total. The van der Waals surface area contributed by atoms with Gasteiger partial charge in [0.05, 0.1) is 0 Å². The highest BCUT2D eigenvalue weighted by Gasteiger charge is 1.97. The maximum Gasteiger partial charge on any atom is 0.165 e. The Hall–Kier alpha value is -1.80. The van der Waals surface area contributed by atoms with Crippen molar-refractivity contribution in [3.63, 3.8) is 0 Å². The first-order valence-electron chi connectivity index (χ1n) is 7.74. The van der Waals surface area contributed by atoms with Crippen molar-refractivity contribution >= 4 is 0 Å². The van der Waals surface area contributed by atoms with E-state index < -0.39 is 0 Å². The molecule has 0 amide bonds. The van der Waals surface area contributed by atoms with E-state index in [2.05, 4.69) is 36.1 Å². The summed E-state index contributed by atoms with van der Waals surface area (Å²) >= 11 is 0. The number of aryl methyl sites for hydroxylation is 3. The van der Waals surface area contributed by atoms with E-state index in [0.29, 0.717) is 5.75 Å². The van der Waals surface area contributed by atoms with Gasteiger partial charge in [-0.25, -0.2) is 5.26 Å². The van der Waals surface area contributed by atoms with Gasteiger partial charge in [-0.2, -0.15) is 0 Å². The molecule has 0 aromatic heterocycles. The standard InChI is InChI=1S/C15H16O2.2C2H6/c1-12-3-2-4-14(11-12)6-5-13-7-9-15(17-16)10-8-13;2*1-2/h2-4,7-11,16H,5-6H2,1H3;2*1-2H3. The second-order valence-corrected chi connectivity index (χ2v) is 4.22. The molecule has 0 atom stereocenters. The first-order chi connectivity index (χ1) is 10.3. The normalized spacial score (nSPS) is 8.86. The molecule has 0 saturated heterocycles. The van der Waals surface area contributed by atoms with Gasteiger partial charge in [0.25, 0.3) is 0 Å². The summed E-state index contributed by atoms with van der Waals surface area (Å²) < 4.78 is 0. The molecule has 0 aliphatic carbocycles. The fourth-order valence-electron chi connectivity index (χ4n) is 1.87. The van der Waals surface area contributed by atoms with Crippen LogP contribution in [0.1, 0.15) is 44.4 Å². The minimum absolute atomic E-state index is 0.476. The monoisotopic (exact) mass is 288 g/mol. The molecule has 2 rings (SSSR count). The van der Waals surface area contributed by atoms with Gasteiger partial charge in [0.1, 0.15) is 0 Å². The highest BCUT2D eigenvalue weighted by Crippen LogP contribution is 2.13. The van der Waals surface area contributed by atoms with Crippen LogP contribution < -0.4 is 4.89 Å². The second kappa shape index (κ2) is 12.0. The lowest BCUT2D eigenvalue weighted by atomic mass is 10.0. The molecule has 2 heteroatoms. The Morgan fingerprint density at radius 1 is 0.810 bits per heavy atom. The molecule has 0 bridgehead atoms. The van der Waals surface area contributed by atoms with E-state index in [1.807, 2.05) is 39.8 Å². The predicted molar refractivity (Wildman–Crippen MR) is 91.0 cm³/mol. The smallest absolute Gasteiger partial charge is 0.165 e. The highest BCUT2D eigenvalue weighted by molar-refractivity contribution is 5.28. The van der Waals surface area contributed by atoms with Crippen LogP contribution in [0.25, 0.3) is 0 Å². The zero-order chi connectivity index (χ0) is 16.1. The first-order valence-corrected chi connectivity index (χ1v) is 7.74. The summed E-state index contributed by atoms with van der Waals surface area (Å²) in [5.41, 5.74) is 3.89. The van der Waals surface area contributed by atoms with Crippen LogP contribution in [0, 0.1) is 6.92 Å². The van der Waals surface area contributed by atoms with Crippen LogP contribution in [-0.2, 0) is 12.8 Å². The van der Waals surface area contributed by atoms with E-state index in [9.17, 15) is 0 Å². The molecular formula is C19H28O2. The van der Waals surface area contributed by atoms with Crippen LogP contribution in [0.5, 0.6) is 5.75 Å². The maximum absolute atomic E-state index is 8.47. The summed E-state index contributed by atoms with van der Waals surface area (Å²) in [4.78, 5) is 4.15. The molecule has 2 nitrogen and oxygen atoms in total. The van der Waals surface area contributed by atoms with Crippen molar-refractivity contribution in [3.05, 3.63) is 65.2 Å². The zero-order valence-corrected chi connectivity index (χ0v) is 13.9.